The van der Waals surface area contributed by atoms with Crippen molar-refractivity contribution in [2.75, 3.05) is 17.1 Å². The Morgan fingerprint density at radius 3 is 2.33 bits per heavy atom. The lowest BCUT2D eigenvalue weighted by Gasteiger charge is -2.24. The predicted octanol–water partition coefficient (Wildman–Crippen LogP) is 4.02. The van der Waals surface area contributed by atoms with Crippen molar-refractivity contribution >= 4 is 37.5 Å². The Bertz CT molecular complexity index is 958. The molecular weight excluding hydrogens is 428 g/mol. The molecule has 5 nitrogen and oxygen atoms in total. The van der Waals surface area contributed by atoms with E-state index in [1.165, 1.54) is 5.56 Å². The van der Waals surface area contributed by atoms with Crippen LogP contribution in [-0.2, 0) is 14.8 Å². The third kappa shape index (κ3) is 5.56. The Balaban J connectivity index is 2.20. The molecule has 146 valence electrons. The average Bonchev–Trinajstić information content (AvgIpc) is 2.54. The van der Waals surface area contributed by atoms with Crippen molar-refractivity contribution < 1.29 is 13.2 Å². The van der Waals surface area contributed by atoms with E-state index in [1.54, 1.807) is 24.3 Å². The maximum atomic E-state index is 12.6. The highest BCUT2D eigenvalue weighted by atomic mass is 79.9. The van der Waals surface area contributed by atoms with Gasteiger partial charge in [-0.15, -0.1) is 0 Å². The molecule has 0 bridgehead atoms. The molecule has 1 N–H and O–H groups in total. The van der Waals surface area contributed by atoms with Crippen LogP contribution in [0, 0.1) is 20.8 Å². The van der Waals surface area contributed by atoms with Gasteiger partial charge in [-0.05, 0) is 68.1 Å². The predicted molar refractivity (Wildman–Crippen MR) is 114 cm³/mol. The maximum absolute atomic E-state index is 12.6. The summed E-state index contributed by atoms with van der Waals surface area (Å²) in [5.41, 5.74) is 4.92. The number of carbonyl (C=O) groups is 1. The second kappa shape index (κ2) is 8.44. The van der Waals surface area contributed by atoms with Gasteiger partial charge in [0.25, 0.3) is 0 Å². The van der Waals surface area contributed by atoms with E-state index in [-0.39, 0.29) is 18.5 Å². The summed E-state index contributed by atoms with van der Waals surface area (Å²) in [6.07, 6.45) is 1.10. The fraction of sp³-hybridized carbons (Fsp3) is 0.350. The number of carbonyl (C=O) groups excluding carboxylic acids is 1. The van der Waals surface area contributed by atoms with E-state index in [9.17, 15) is 13.2 Å². The molecule has 2 aromatic rings. The smallest absolute Gasteiger partial charge is 0.241 e. The Kier molecular flexibility index (Phi) is 6.70. The van der Waals surface area contributed by atoms with Gasteiger partial charge in [0.2, 0.25) is 15.9 Å². The van der Waals surface area contributed by atoms with Gasteiger partial charge in [0.05, 0.1) is 18.0 Å². The van der Waals surface area contributed by atoms with Gasteiger partial charge in [0.1, 0.15) is 6.54 Å². The van der Waals surface area contributed by atoms with Crippen LogP contribution in [0.4, 0.5) is 5.69 Å². The van der Waals surface area contributed by atoms with Crippen LogP contribution >= 0.6 is 15.9 Å². The molecule has 0 heterocycles. The highest BCUT2D eigenvalue weighted by Crippen LogP contribution is 2.23. The van der Waals surface area contributed by atoms with Crippen LogP contribution in [0.15, 0.2) is 40.9 Å². The Hall–Kier alpha value is -1.86. The number of sulfonamides is 1. The minimum absolute atomic E-state index is 0.222. The number of anilines is 1. The van der Waals surface area contributed by atoms with E-state index in [4.69, 9.17) is 0 Å². The van der Waals surface area contributed by atoms with Gasteiger partial charge >= 0.3 is 0 Å². The highest BCUT2D eigenvalue weighted by molar-refractivity contribution is 9.10. The molecule has 0 aliphatic heterocycles. The minimum atomic E-state index is -3.60. The van der Waals surface area contributed by atoms with Gasteiger partial charge in [-0.25, -0.2) is 8.42 Å². The van der Waals surface area contributed by atoms with Gasteiger partial charge < -0.3 is 5.32 Å². The summed E-state index contributed by atoms with van der Waals surface area (Å²) in [6.45, 7) is 7.72. The first-order chi connectivity index (χ1) is 12.5. The largest absolute Gasteiger partial charge is 0.348 e. The maximum Gasteiger partial charge on any atom is 0.241 e. The fourth-order valence-electron chi connectivity index (χ4n) is 2.98. The molecule has 0 saturated heterocycles. The second-order valence-corrected chi connectivity index (χ2v) is 9.65. The van der Waals surface area contributed by atoms with Crippen LogP contribution in [0.1, 0.15) is 35.2 Å². The molecule has 0 radical (unpaired) electrons. The molecule has 0 saturated carbocycles. The Morgan fingerprint density at radius 1 is 1.11 bits per heavy atom. The van der Waals surface area contributed by atoms with E-state index < -0.39 is 10.0 Å². The van der Waals surface area contributed by atoms with Gasteiger partial charge in [0, 0.05) is 4.47 Å². The molecule has 27 heavy (non-hydrogen) atoms. The topological polar surface area (TPSA) is 66.5 Å². The van der Waals surface area contributed by atoms with Crippen molar-refractivity contribution in [3.05, 3.63) is 63.1 Å². The molecular formula is C20H25BrN2O3S. The third-order valence-electron chi connectivity index (χ3n) is 4.51. The lowest BCUT2D eigenvalue weighted by Crippen LogP contribution is -2.41. The number of hydrogen-bond donors (Lipinski definition) is 1. The summed E-state index contributed by atoms with van der Waals surface area (Å²) in [6, 6.07) is 10.8. The zero-order valence-corrected chi connectivity index (χ0v) is 18.6. The van der Waals surface area contributed by atoms with E-state index in [0.29, 0.717) is 5.69 Å². The molecule has 2 aromatic carbocycles. The van der Waals surface area contributed by atoms with Crippen LogP contribution in [0.3, 0.4) is 0 Å². The van der Waals surface area contributed by atoms with Crippen LogP contribution in [0.25, 0.3) is 0 Å². The SMILES string of the molecule is Cc1cc(C)c(C(C)NC(=O)CN(c2cccc(Br)c2)S(C)(=O)=O)cc1C. The summed E-state index contributed by atoms with van der Waals surface area (Å²) >= 11 is 3.33. The number of benzene rings is 2. The molecule has 0 aromatic heterocycles. The number of rotatable bonds is 6. The second-order valence-electron chi connectivity index (χ2n) is 6.83. The normalized spacial score (nSPS) is 12.5. The van der Waals surface area contributed by atoms with Crippen LogP contribution in [0.2, 0.25) is 0 Å². The van der Waals surface area contributed by atoms with Crippen LogP contribution < -0.4 is 9.62 Å². The quantitative estimate of drug-likeness (QED) is 0.719. The third-order valence-corrected chi connectivity index (χ3v) is 6.14. The van der Waals surface area contributed by atoms with Gasteiger partial charge in [-0.2, -0.15) is 0 Å². The first-order valence-corrected chi connectivity index (χ1v) is 11.2. The lowest BCUT2D eigenvalue weighted by molar-refractivity contribution is -0.120. The van der Waals surface area contributed by atoms with Crippen molar-refractivity contribution in [1.82, 2.24) is 5.32 Å². The van der Waals surface area contributed by atoms with Crippen LogP contribution in [-0.4, -0.2) is 27.1 Å². The number of hydrogen-bond acceptors (Lipinski definition) is 3. The van der Waals surface area contributed by atoms with Crippen molar-refractivity contribution in [2.45, 2.75) is 33.7 Å². The summed E-state index contributed by atoms with van der Waals surface area (Å²) in [5, 5.41) is 2.91. The van der Waals surface area contributed by atoms with E-state index >= 15 is 0 Å². The van der Waals surface area contributed by atoms with Gasteiger partial charge in [-0.1, -0.05) is 34.1 Å². The zero-order chi connectivity index (χ0) is 20.4. The lowest BCUT2D eigenvalue weighted by atomic mass is 9.96. The number of nitrogens with zero attached hydrogens (tertiary/aromatic N) is 1. The molecule has 1 unspecified atom stereocenters. The average molecular weight is 453 g/mol. The first-order valence-electron chi connectivity index (χ1n) is 8.59. The zero-order valence-electron chi connectivity index (χ0n) is 16.2. The Labute approximate surface area is 170 Å². The summed E-state index contributed by atoms with van der Waals surface area (Å²) < 4.78 is 26.3. The monoisotopic (exact) mass is 452 g/mol. The van der Waals surface area contributed by atoms with Crippen molar-refractivity contribution in [2.24, 2.45) is 0 Å². The molecule has 1 amide bonds. The van der Waals surface area contributed by atoms with E-state index in [0.717, 1.165) is 31.7 Å². The first kappa shape index (κ1) is 21.4. The summed E-state index contributed by atoms with van der Waals surface area (Å²) in [5.74, 6) is -0.356. The van der Waals surface area contributed by atoms with Crippen molar-refractivity contribution in [1.29, 1.82) is 0 Å². The van der Waals surface area contributed by atoms with Gasteiger partial charge in [0.15, 0.2) is 0 Å². The molecule has 0 spiro atoms. The molecule has 1 atom stereocenters. The van der Waals surface area contributed by atoms with Crippen molar-refractivity contribution in [3.8, 4) is 0 Å². The Morgan fingerprint density at radius 2 is 1.74 bits per heavy atom. The molecule has 0 fully saturated rings. The molecule has 2 rings (SSSR count). The molecule has 7 heteroatoms. The standard InChI is InChI=1S/C20H25BrN2O3S/c1-13-9-15(3)19(10-14(13)2)16(4)22-20(24)12-23(27(5,25)26)18-8-6-7-17(21)11-18/h6-11,16H,12H2,1-5H3,(H,22,24). The number of aryl methyl sites for hydroxylation is 3. The fourth-order valence-corrected chi connectivity index (χ4v) is 4.21. The number of halogens is 1. The van der Waals surface area contributed by atoms with E-state index in [2.05, 4.69) is 40.3 Å². The summed E-state index contributed by atoms with van der Waals surface area (Å²) in [7, 11) is -3.60. The van der Waals surface area contributed by atoms with Crippen LogP contribution in [0.5, 0.6) is 0 Å². The summed E-state index contributed by atoms with van der Waals surface area (Å²) in [4.78, 5) is 12.6. The molecule has 0 aliphatic carbocycles. The van der Waals surface area contributed by atoms with Crippen molar-refractivity contribution in [3.63, 3.8) is 0 Å². The van der Waals surface area contributed by atoms with E-state index in [1.807, 2.05) is 20.8 Å². The highest BCUT2D eigenvalue weighted by Gasteiger charge is 2.22. The van der Waals surface area contributed by atoms with Gasteiger partial charge in [-0.3, -0.25) is 9.10 Å². The minimum Gasteiger partial charge on any atom is -0.348 e. The number of amides is 1. The molecule has 0 aliphatic rings. The number of nitrogens with one attached hydrogen (secondary N) is 1.